The van der Waals surface area contributed by atoms with Gasteiger partial charge in [0, 0.05) is 6.42 Å². The lowest BCUT2D eigenvalue weighted by Crippen LogP contribution is -1.99. The van der Waals surface area contributed by atoms with Gasteiger partial charge in [-0.3, -0.25) is 0 Å². The van der Waals surface area contributed by atoms with Crippen LogP contribution < -0.4 is 9.47 Å². The number of hydrogen-bond acceptors (Lipinski definition) is 3. The van der Waals surface area contributed by atoms with Gasteiger partial charge in [0.1, 0.15) is 23.9 Å². The molecular formula is C24H23FO3. The quantitative estimate of drug-likeness (QED) is 0.480. The SMILES string of the molecule is CC(=O)CCc1ccc(OCc2cccc(Oc3ccc(C)cc3)c2)c(F)c1. The second-order valence-corrected chi connectivity index (χ2v) is 6.82. The minimum atomic E-state index is -0.423. The van der Waals surface area contributed by atoms with Gasteiger partial charge < -0.3 is 14.3 Å². The molecule has 4 heteroatoms. The number of carbonyl (C=O) groups excluding carboxylic acids is 1. The van der Waals surface area contributed by atoms with Crippen molar-refractivity contribution in [2.45, 2.75) is 33.3 Å². The molecule has 3 aromatic rings. The molecule has 0 saturated carbocycles. The summed E-state index contributed by atoms with van der Waals surface area (Å²) in [6.07, 6.45) is 0.943. The molecule has 0 aromatic heterocycles. The van der Waals surface area contributed by atoms with E-state index in [1.165, 1.54) is 18.6 Å². The van der Waals surface area contributed by atoms with E-state index in [0.29, 0.717) is 18.6 Å². The number of aryl methyl sites for hydroxylation is 2. The van der Waals surface area contributed by atoms with Gasteiger partial charge in [0.05, 0.1) is 0 Å². The number of Topliss-reactive ketones (excluding diaryl/α,β-unsaturated/α-hetero) is 1. The van der Waals surface area contributed by atoms with Crippen LogP contribution in [0.25, 0.3) is 0 Å². The van der Waals surface area contributed by atoms with Crippen LogP contribution in [-0.2, 0) is 17.8 Å². The topological polar surface area (TPSA) is 35.5 Å². The first-order valence-electron chi connectivity index (χ1n) is 9.24. The van der Waals surface area contributed by atoms with Crippen LogP contribution in [0.5, 0.6) is 17.2 Å². The van der Waals surface area contributed by atoms with E-state index in [4.69, 9.17) is 9.47 Å². The zero-order valence-electron chi connectivity index (χ0n) is 16.1. The molecule has 0 aliphatic carbocycles. The molecule has 0 saturated heterocycles. The lowest BCUT2D eigenvalue weighted by molar-refractivity contribution is -0.116. The van der Waals surface area contributed by atoms with Crippen molar-refractivity contribution in [3.63, 3.8) is 0 Å². The molecule has 0 atom stereocenters. The molecule has 3 rings (SSSR count). The molecule has 0 N–H and O–H groups in total. The first-order valence-corrected chi connectivity index (χ1v) is 9.24. The molecule has 0 heterocycles. The van der Waals surface area contributed by atoms with Gasteiger partial charge >= 0.3 is 0 Å². The molecule has 28 heavy (non-hydrogen) atoms. The zero-order valence-corrected chi connectivity index (χ0v) is 16.1. The summed E-state index contributed by atoms with van der Waals surface area (Å²) in [5, 5.41) is 0. The Hall–Kier alpha value is -3.14. The highest BCUT2D eigenvalue weighted by molar-refractivity contribution is 5.75. The van der Waals surface area contributed by atoms with Crippen molar-refractivity contribution < 1.29 is 18.7 Å². The van der Waals surface area contributed by atoms with E-state index in [9.17, 15) is 9.18 Å². The van der Waals surface area contributed by atoms with Gasteiger partial charge in [0.2, 0.25) is 0 Å². The van der Waals surface area contributed by atoms with E-state index in [1.807, 2.05) is 55.5 Å². The summed E-state index contributed by atoms with van der Waals surface area (Å²) in [6, 6.07) is 20.2. The Morgan fingerprint density at radius 1 is 0.929 bits per heavy atom. The Morgan fingerprint density at radius 3 is 2.43 bits per heavy atom. The van der Waals surface area contributed by atoms with Crippen LogP contribution in [0, 0.1) is 12.7 Å². The number of benzene rings is 3. The summed E-state index contributed by atoms with van der Waals surface area (Å²) >= 11 is 0. The van der Waals surface area contributed by atoms with Crippen molar-refractivity contribution in [3.8, 4) is 17.2 Å². The fraction of sp³-hybridized carbons (Fsp3) is 0.208. The Kier molecular flexibility index (Phi) is 6.43. The highest BCUT2D eigenvalue weighted by atomic mass is 19.1. The number of rotatable bonds is 8. The van der Waals surface area contributed by atoms with Crippen LogP contribution in [0.3, 0.4) is 0 Å². The molecule has 0 bridgehead atoms. The molecule has 0 radical (unpaired) electrons. The normalized spacial score (nSPS) is 10.5. The maximum absolute atomic E-state index is 14.2. The molecule has 0 unspecified atom stereocenters. The smallest absolute Gasteiger partial charge is 0.165 e. The molecule has 0 aliphatic heterocycles. The highest BCUT2D eigenvalue weighted by Crippen LogP contribution is 2.24. The third kappa shape index (κ3) is 5.68. The first kappa shape index (κ1) is 19.6. The van der Waals surface area contributed by atoms with Crippen molar-refractivity contribution in [2.24, 2.45) is 0 Å². The third-order valence-corrected chi connectivity index (χ3v) is 4.31. The van der Waals surface area contributed by atoms with Crippen molar-refractivity contribution in [3.05, 3.63) is 89.2 Å². The number of carbonyl (C=O) groups is 1. The van der Waals surface area contributed by atoms with Gasteiger partial charge in [-0.25, -0.2) is 4.39 Å². The van der Waals surface area contributed by atoms with E-state index in [2.05, 4.69) is 0 Å². The Morgan fingerprint density at radius 2 is 1.71 bits per heavy atom. The van der Waals surface area contributed by atoms with Crippen LogP contribution in [0.2, 0.25) is 0 Å². The van der Waals surface area contributed by atoms with Gasteiger partial charge in [-0.2, -0.15) is 0 Å². The van der Waals surface area contributed by atoms with E-state index < -0.39 is 5.82 Å². The predicted molar refractivity (Wildman–Crippen MR) is 107 cm³/mol. The molecule has 0 fully saturated rings. The monoisotopic (exact) mass is 378 g/mol. The summed E-state index contributed by atoms with van der Waals surface area (Å²) < 4.78 is 25.7. The van der Waals surface area contributed by atoms with Crippen LogP contribution in [0.1, 0.15) is 30.0 Å². The molecule has 144 valence electrons. The number of halogens is 1. The predicted octanol–water partition coefficient (Wildman–Crippen LogP) is 6.03. The van der Waals surface area contributed by atoms with Gasteiger partial charge in [-0.15, -0.1) is 0 Å². The number of ketones is 1. The number of hydrogen-bond donors (Lipinski definition) is 0. The van der Waals surface area contributed by atoms with Gasteiger partial charge in [0.25, 0.3) is 0 Å². The molecule has 3 aromatic carbocycles. The van der Waals surface area contributed by atoms with E-state index in [1.54, 1.807) is 12.1 Å². The minimum Gasteiger partial charge on any atom is -0.486 e. The maximum Gasteiger partial charge on any atom is 0.165 e. The fourth-order valence-corrected chi connectivity index (χ4v) is 2.74. The summed E-state index contributed by atoms with van der Waals surface area (Å²) in [7, 11) is 0. The molecule has 3 nitrogen and oxygen atoms in total. The molecule has 0 amide bonds. The van der Waals surface area contributed by atoms with Crippen LogP contribution in [0.4, 0.5) is 4.39 Å². The van der Waals surface area contributed by atoms with Crippen LogP contribution >= 0.6 is 0 Å². The number of ether oxygens (including phenoxy) is 2. The summed E-state index contributed by atoms with van der Waals surface area (Å²) in [6.45, 7) is 3.79. The van der Waals surface area contributed by atoms with Gasteiger partial charge in [-0.05, 0) is 67.8 Å². The lowest BCUT2D eigenvalue weighted by atomic mass is 10.1. The van der Waals surface area contributed by atoms with E-state index >= 15 is 0 Å². The second kappa shape index (κ2) is 9.18. The summed E-state index contributed by atoms with van der Waals surface area (Å²) in [4.78, 5) is 11.1. The van der Waals surface area contributed by atoms with Crippen molar-refractivity contribution in [1.29, 1.82) is 0 Å². The summed E-state index contributed by atoms with van der Waals surface area (Å²) in [5.41, 5.74) is 2.84. The Labute approximate surface area is 164 Å². The average Bonchev–Trinajstić information content (AvgIpc) is 2.68. The van der Waals surface area contributed by atoms with Crippen molar-refractivity contribution in [1.82, 2.24) is 0 Å². The molecule has 0 aliphatic rings. The maximum atomic E-state index is 14.2. The van der Waals surface area contributed by atoms with Crippen LogP contribution in [0.15, 0.2) is 66.7 Å². The van der Waals surface area contributed by atoms with Crippen LogP contribution in [-0.4, -0.2) is 5.78 Å². The van der Waals surface area contributed by atoms with Crippen molar-refractivity contribution in [2.75, 3.05) is 0 Å². The first-order chi connectivity index (χ1) is 13.5. The van der Waals surface area contributed by atoms with Gasteiger partial charge in [-0.1, -0.05) is 35.9 Å². The zero-order chi connectivity index (χ0) is 19.9. The third-order valence-electron chi connectivity index (χ3n) is 4.31. The molecule has 0 spiro atoms. The Balaban J connectivity index is 1.61. The Bertz CT molecular complexity index is 948. The highest BCUT2D eigenvalue weighted by Gasteiger charge is 2.07. The fourth-order valence-electron chi connectivity index (χ4n) is 2.74. The largest absolute Gasteiger partial charge is 0.486 e. The second-order valence-electron chi connectivity index (χ2n) is 6.82. The lowest BCUT2D eigenvalue weighted by Gasteiger charge is -2.11. The van der Waals surface area contributed by atoms with Crippen molar-refractivity contribution >= 4 is 5.78 Å². The van der Waals surface area contributed by atoms with E-state index in [-0.39, 0.29) is 18.1 Å². The van der Waals surface area contributed by atoms with E-state index in [0.717, 1.165) is 16.9 Å². The molecular weight excluding hydrogens is 355 g/mol. The summed E-state index contributed by atoms with van der Waals surface area (Å²) in [5.74, 6) is 1.32. The average molecular weight is 378 g/mol. The minimum absolute atomic E-state index is 0.0912. The standard InChI is InChI=1S/C24H23FO3/c1-17-6-11-21(12-7-17)28-22-5-3-4-20(14-22)16-27-24-13-10-19(15-23(24)25)9-8-18(2)26/h3-7,10-15H,8-9,16H2,1-2H3. The van der Waals surface area contributed by atoms with Gasteiger partial charge in [0.15, 0.2) is 11.6 Å².